The molecule has 2 aromatic carbocycles. The van der Waals surface area contributed by atoms with Gasteiger partial charge in [-0.1, -0.05) is 17.7 Å². The lowest BCUT2D eigenvalue weighted by Crippen LogP contribution is -2.18. The Morgan fingerprint density at radius 2 is 1.68 bits per heavy atom. The van der Waals surface area contributed by atoms with Gasteiger partial charge in [0.1, 0.15) is 15.5 Å². The minimum atomic E-state index is -3.89. The molecule has 3 aromatic rings. The fraction of sp³-hybridized carbons (Fsp3) is 0.150. The number of methoxy groups -OCH3 is 1. The van der Waals surface area contributed by atoms with E-state index in [9.17, 15) is 13.2 Å². The van der Waals surface area contributed by atoms with Crippen LogP contribution in [0.2, 0.25) is 0 Å². The van der Waals surface area contributed by atoms with Gasteiger partial charge in [0.25, 0.3) is 15.9 Å². The molecular weight excluding hydrogens is 396 g/mol. The largest absolute Gasteiger partial charge is 0.496 e. The van der Waals surface area contributed by atoms with Crippen LogP contribution in [0.3, 0.4) is 0 Å². The molecule has 0 saturated carbocycles. The predicted molar refractivity (Wildman–Crippen MR) is 112 cm³/mol. The normalized spacial score (nSPS) is 11.1. The molecular formula is C20H20N2O4S2. The van der Waals surface area contributed by atoms with Crippen molar-refractivity contribution in [2.24, 2.45) is 0 Å². The molecule has 0 fully saturated rings. The summed E-state index contributed by atoms with van der Waals surface area (Å²) in [6.07, 6.45) is 0. The number of sulfonamides is 1. The molecule has 2 N–H and O–H groups in total. The maximum absolute atomic E-state index is 12.8. The molecule has 1 amide bonds. The van der Waals surface area contributed by atoms with Crippen molar-refractivity contribution in [2.75, 3.05) is 17.1 Å². The molecule has 146 valence electrons. The standard InChI is InChI=1S/C20H20N2O4S2/c1-13-4-6-15(7-5-13)22-28(24,25)18-10-11-27-19(18)20(23)21-16-8-9-17(26-3)14(2)12-16/h4-12,22H,1-3H3,(H,21,23). The molecule has 0 bridgehead atoms. The number of ether oxygens (including phenoxy) is 1. The van der Waals surface area contributed by atoms with Gasteiger partial charge in [0.05, 0.1) is 7.11 Å². The van der Waals surface area contributed by atoms with Crippen LogP contribution in [0.4, 0.5) is 11.4 Å². The Morgan fingerprint density at radius 3 is 2.32 bits per heavy atom. The van der Waals surface area contributed by atoms with Crippen LogP contribution >= 0.6 is 11.3 Å². The number of anilines is 2. The van der Waals surface area contributed by atoms with E-state index in [1.807, 2.05) is 26.0 Å². The molecule has 0 aliphatic carbocycles. The fourth-order valence-electron chi connectivity index (χ4n) is 2.65. The molecule has 0 aliphatic rings. The first-order chi connectivity index (χ1) is 13.3. The van der Waals surface area contributed by atoms with Gasteiger partial charge >= 0.3 is 0 Å². The molecule has 0 atom stereocenters. The van der Waals surface area contributed by atoms with Gasteiger partial charge in [-0.25, -0.2) is 8.42 Å². The lowest BCUT2D eigenvalue weighted by Gasteiger charge is -2.11. The summed E-state index contributed by atoms with van der Waals surface area (Å²) in [4.78, 5) is 12.7. The highest BCUT2D eigenvalue weighted by molar-refractivity contribution is 7.93. The first kappa shape index (κ1) is 19.9. The van der Waals surface area contributed by atoms with Crippen molar-refractivity contribution in [1.29, 1.82) is 0 Å². The highest BCUT2D eigenvalue weighted by atomic mass is 32.2. The first-order valence-electron chi connectivity index (χ1n) is 8.43. The van der Waals surface area contributed by atoms with Crippen LogP contribution in [0.15, 0.2) is 58.8 Å². The number of nitrogens with one attached hydrogen (secondary N) is 2. The Kier molecular flexibility index (Phi) is 5.71. The van der Waals surface area contributed by atoms with Crippen LogP contribution in [0, 0.1) is 13.8 Å². The molecule has 3 rings (SSSR count). The van der Waals surface area contributed by atoms with Gasteiger partial charge in [-0.2, -0.15) is 0 Å². The average Bonchev–Trinajstić information content (AvgIpc) is 3.15. The number of aryl methyl sites for hydroxylation is 2. The summed E-state index contributed by atoms with van der Waals surface area (Å²) >= 11 is 1.07. The van der Waals surface area contributed by atoms with Gasteiger partial charge in [0.2, 0.25) is 0 Å². The summed E-state index contributed by atoms with van der Waals surface area (Å²) in [5, 5.41) is 4.33. The zero-order chi connectivity index (χ0) is 20.3. The number of hydrogen-bond donors (Lipinski definition) is 2. The summed E-state index contributed by atoms with van der Waals surface area (Å²) in [5.74, 6) is 0.225. The van der Waals surface area contributed by atoms with Crippen LogP contribution < -0.4 is 14.8 Å². The number of benzene rings is 2. The number of amides is 1. The molecule has 1 aromatic heterocycles. The summed E-state index contributed by atoms with van der Waals surface area (Å²) in [7, 11) is -2.32. The maximum atomic E-state index is 12.8. The Bertz CT molecular complexity index is 1100. The topological polar surface area (TPSA) is 84.5 Å². The predicted octanol–water partition coefficient (Wildman–Crippen LogP) is 4.43. The first-order valence-corrected chi connectivity index (χ1v) is 10.8. The fourth-order valence-corrected chi connectivity index (χ4v) is 5.03. The van der Waals surface area contributed by atoms with Crippen molar-refractivity contribution in [2.45, 2.75) is 18.7 Å². The zero-order valence-electron chi connectivity index (χ0n) is 15.6. The lowest BCUT2D eigenvalue weighted by molar-refractivity contribution is 0.102. The van der Waals surface area contributed by atoms with Crippen molar-refractivity contribution in [3.05, 3.63) is 69.9 Å². The zero-order valence-corrected chi connectivity index (χ0v) is 17.3. The Morgan fingerprint density at radius 1 is 1.00 bits per heavy atom. The SMILES string of the molecule is COc1ccc(NC(=O)c2sccc2S(=O)(=O)Nc2ccc(C)cc2)cc1C. The van der Waals surface area contributed by atoms with E-state index >= 15 is 0 Å². The molecule has 0 spiro atoms. The summed E-state index contributed by atoms with van der Waals surface area (Å²) in [6.45, 7) is 3.78. The van der Waals surface area contributed by atoms with Crippen molar-refractivity contribution < 1.29 is 17.9 Å². The summed E-state index contributed by atoms with van der Waals surface area (Å²) in [6, 6.07) is 13.6. The van der Waals surface area contributed by atoms with E-state index in [0.717, 1.165) is 22.5 Å². The van der Waals surface area contributed by atoms with Gasteiger partial charge in [-0.3, -0.25) is 9.52 Å². The van der Waals surface area contributed by atoms with E-state index in [1.54, 1.807) is 42.8 Å². The second-order valence-corrected chi connectivity index (χ2v) is 8.79. The van der Waals surface area contributed by atoms with E-state index in [2.05, 4.69) is 10.0 Å². The molecule has 0 unspecified atom stereocenters. The number of carbonyl (C=O) groups excluding carboxylic acids is 1. The second kappa shape index (κ2) is 8.04. The molecule has 0 saturated heterocycles. The van der Waals surface area contributed by atoms with Gasteiger partial charge < -0.3 is 10.1 Å². The third kappa shape index (κ3) is 4.35. The molecule has 6 nitrogen and oxygen atoms in total. The molecule has 0 aliphatic heterocycles. The second-order valence-electron chi connectivity index (χ2n) is 6.22. The summed E-state index contributed by atoms with van der Waals surface area (Å²) in [5.41, 5.74) is 2.88. The number of rotatable bonds is 6. The van der Waals surface area contributed by atoms with Crippen LogP contribution in [-0.2, 0) is 10.0 Å². The van der Waals surface area contributed by atoms with Gasteiger partial charge in [-0.15, -0.1) is 11.3 Å². The van der Waals surface area contributed by atoms with Gasteiger partial charge in [-0.05, 0) is 61.2 Å². The smallest absolute Gasteiger partial charge is 0.267 e. The van der Waals surface area contributed by atoms with Crippen molar-refractivity contribution in [1.82, 2.24) is 0 Å². The molecule has 8 heteroatoms. The van der Waals surface area contributed by atoms with Crippen LogP contribution in [-0.4, -0.2) is 21.4 Å². The molecule has 1 heterocycles. The van der Waals surface area contributed by atoms with Crippen molar-refractivity contribution in [3.63, 3.8) is 0 Å². The van der Waals surface area contributed by atoms with Gasteiger partial charge in [0.15, 0.2) is 0 Å². The Labute approximate surface area is 168 Å². The van der Waals surface area contributed by atoms with Crippen LogP contribution in [0.25, 0.3) is 0 Å². The van der Waals surface area contributed by atoms with E-state index in [-0.39, 0.29) is 9.77 Å². The van der Waals surface area contributed by atoms with Crippen LogP contribution in [0.1, 0.15) is 20.8 Å². The van der Waals surface area contributed by atoms with E-state index < -0.39 is 15.9 Å². The van der Waals surface area contributed by atoms with Crippen LogP contribution in [0.5, 0.6) is 5.75 Å². The molecule has 28 heavy (non-hydrogen) atoms. The lowest BCUT2D eigenvalue weighted by atomic mass is 10.2. The van der Waals surface area contributed by atoms with E-state index in [4.69, 9.17) is 4.74 Å². The Hall–Kier alpha value is -2.84. The quantitative estimate of drug-likeness (QED) is 0.623. The minimum absolute atomic E-state index is 0.0548. The highest BCUT2D eigenvalue weighted by Gasteiger charge is 2.24. The van der Waals surface area contributed by atoms with Crippen molar-refractivity contribution in [3.8, 4) is 5.75 Å². The average molecular weight is 417 g/mol. The third-order valence-electron chi connectivity index (χ3n) is 4.08. The Balaban J connectivity index is 1.83. The number of thiophene rings is 1. The summed E-state index contributed by atoms with van der Waals surface area (Å²) < 4.78 is 33.2. The van der Waals surface area contributed by atoms with Gasteiger partial charge in [0, 0.05) is 11.4 Å². The van der Waals surface area contributed by atoms with E-state index in [0.29, 0.717) is 17.1 Å². The molecule has 0 radical (unpaired) electrons. The minimum Gasteiger partial charge on any atom is -0.496 e. The highest BCUT2D eigenvalue weighted by Crippen LogP contribution is 2.27. The third-order valence-corrected chi connectivity index (χ3v) is 6.55. The van der Waals surface area contributed by atoms with E-state index in [1.165, 1.54) is 6.07 Å². The number of hydrogen-bond acceptors (Lipinski definition) is 5. The number of carbonyl (C=O) groups is 1. The maximum Gasteiger partial charge on any atom is 0.267 e. The monoisotopic (exact) mass is 416 g/mol. The van der Waals surface area contributed by atoms with Crippen molar-refractivity contribution >= 4 is 38.6 Å².